The van der Waals surface area contributed by atoms with Crippen LogP contribution in [0.5, 0.6) is 0 Å². The van der Waals surface area contributed by atoms with Crippen molar-refractivity contribution in [2.45, 2.75) is 522 Å². The standard InChI is InChI=1S/8C10H22.CH2O3/c8*1-3-5-7-9-10-8-6-4-2;2-1(3)4/h8*3-10H2,1-2H3;(H2,2,3,4). The molecule has 0 atom stereocenters. The first-order chi connectivity index (χ1) is 41.0. The lowest BCUT2D eigenvalue weighted by Crippen LogP contribution is -1.81. The van der Waals surface area contributed by atoms with E-state index in [1.165, 1.54) is 411 Å². The largest absolute Gasteiger partial charge is 0.503 e. The monoisotopic (exact) mass is 1200 g/mol. The summed E-state index contributed by atoms with van der Waals surface area (Å²) in [6.45, 7) is 36.3. The topological polar surface area (TPSA) is 57.5 Å². The van der Waals surface area contributed by atoms with Crippen LogP contribution in [0, 0.1) is 0 Å². The molecule has 0 aromatic heterocycles. The molecule has 3 heteroatoms. The van der Waals surface area contributed by atoms with Crippen LogP contribution in [-0.2, 0) is 0 Å². The molecular formula is C81H178O3. The van der Waals surface area contributed by atoms with E-state index in [-0.39, 0.29) is 0 Å². The lowest BCUT2D eigenvalue weighted by atomic mass is 10.1. The van der Waals surface area contributed by atoms with Crippen molar-refractivity contribution in [2.24, 2.45) is 0 Å². The van der Waals surface area contributed by atoms with E-state index in [1.807, 2.05) is 0 Å². The smallest absolute Gasteiger partial charge is 0.450 e. The van der Waals surface area contributed by atoms with Crippen LogP contribution in [0.2, 0.25) is 0 Å². The highest BCUT2D eigenvalue weighted by atomic mass is 16.6. The second-order valence-electron chi connectivity index (χ2n) is 25.3. The van der Waals surface area contributed by atoms with Crippen molar-refractivity contribution in [1.82, 2.24) is 0 Å². The number of hydrogen-bond donors (Lipinski definition) is 2. The first kappa shape index (κ1) is 102. The van der Waals surface area contributed by atoms with Crippen LogP contribution in [0.3, 0.4) is 0 Å². The Kier molecular flexibility index (Phi) is 150. The van der Waals surface area contributed by atoms with E-state index in [2.05, 4.69) is 111 Å². The van der Waals surface area contributed by atoms with Gasteiger partial charge in [0.25, 0.3) is 0 Å². The van der Waals surface area contributed by atoms with Gasteiger partial charge in [0.15, 0.2) is 0 Å². The Labute approximate surface area is 540 Å². The minimum absolute atomic E-state index is 1.37. The third-order valence-corrected chi connectivity index (χ3v) is 15.7. The van der Waals surface area contributed by atoms with E-state index in [1.54, 1.807) is 0 Å². The zero-order valence-electron chi connectivity index (χ0n) is 63.1. The van der Waals surface area contributed by atoms with Gasteiger partial charge in [0.2, 0.25) is 0 Å². The van der Waals surface area contributed by atoms with Gasteiger partial charge in [0, 0.05) is 0 Å². The Bertz CT molecular complexity index is 613. The highest BCUT2D eigenvalue weighted by Gasteiger charge is 1.93. The maximum absolute atomic E-state index is 8.56. The van der Waals surface area contributed by atoms with Crippen molar-refractivity contribution in [2.75, 3.05) is 0 Å². The Morgan fingerprint density at radius 1 is 0.131 bits per heavy atom. The molecule has 0 saturated heterocycles. The Hall–Kier alpha value is -0.730. The summed E-state index contributed by atoms with van der Waals surface area (Å²) in [6.07, 6.45) is 89.8. The van der Waals surface area contributed by atoms with Crippen molar-refractivity contribution in [3.8, 4) is 0 Å². The summed E-state index contributed by atoms with van der Waals surface area (Å²) in [5.74, 6) is 0. The van der Waals surface area contributed by atoms with E-state index in [0.717, 1.165) is 0 Å². The molecule has 0 saturated carbocycles. The normalized spacial score (nSPS) is 10.0. The van der Waals surface area contributed by atoms with Crippen LogP contribution >= 0.6 is 0 Å². The molecule has 0 aromatic carbocycles. The van der Waals surface area contributed by atoms with E-state index in [9.17, 15) is 0 Å². The third-order valence-electron chi connectivity index (χ3n) is 15.7. The quantitative estimate of drug-likeness (QED) is 0.0597. The molecule has 0 amide bonds. The van der Waals surface area contributed by atoms with Crippen molar-refractivity contribution < 1.29 is 15.0 Å². The van der Waals surface area contributed by atoms with Gasteiger partial charge in [-0.05, 0) is 0 Å². The van der Waals surface area contributed by atoms with Crippen LogP contribution < -0.4 is 0 Å². The fourth-order valence-corrected chi connectivity index (χ4v) is 9.66. The summed E-state index contributed by atoms with van der Waals surface area (Å²) in [4.78, 5) is 8.56. The molecule has 0 bridgehead atoms. The predicted octanol–water partition coefficient (Wildman–Crippen LogP) is 33.4. The highest BCUT2D eigenvalue weighted by molar-refractivity contribution is 5.53. The van der Waals surface area contributed by atoms with Crippen molar-refractivity contribution in [1.29, 1.82) is 0 Å². The van der Waals surface area contributed by atoms with Gasteiger partial charge < -0.3 is 10.2 Å². The summed E-state index contributed by atoms with van der Waals surface area (Å²) in [5.41, 5.74) is 0. The number of hydrogen-bond acceptors (Lipinski definition) is 1. The van der Waals surface area contributed by atoms with Crippen LogP contribution in [0.25, 0.3) is 0 Å². The van der Waals surface area contributed by atoms with E-state index in [0.29, 0.717) is 0 Å². The van der Waals surface area contributed by atoms with Gasteiger partial charge in [-0.15, -0.1) is 0 Å². The van der Waals surface area contributed by atoms with Gasteiger partial charge in [-0.25, -0.2) is 4.79 Å². The van der Waals surface area contributed by atoms with Crippen LogP contribution in [-0.4, -0.2) is 16.4 Å². The highest BCUT2D eigenvalue weighted by Crippen LogP contribution is 2.13. The van der Waals surface area contributed by atoms with Crippen molar-refractivity contribution in [3.63, 3.8) is 0 Å². The van der Waals surface area contributed by atoms with Crippen LogP contribution in [0.4, 0.5) is 4.79 Å². The molecule has 520 valence electrons. The number of rotatable bonds is 56. The van der Waals surface area contributed by atoms with E-state index in [4.69, 9.17) is 15.0 Å². The first-order valence-corrected chi connectivity index (χ1v) is 40.0. The van der Waals surface area contributed by atoms with Gasteiger partial charge in [-0.3, -0.25) is 0 Å². The van der Waals surface area contributed by atoms with Gasteiger partial charge in [-0.1, -0.05) is 522 Å². The predicted molar refractivity (Wildman–Crippen MR) is 397 cm³/mol. The Balaban J connectivity index is -0.000000108. The molecule has 0 unspecified atom stereocenters. The molecule has 0 spiro atoms. The fourth-order valence-electron chi connectivity index (χ4n) is 9.66. The molecule has 0 aliphatic heterocycles. The zero-order chi connectivity index (χ0) is 64.8. The second kappa shape index (κ2) is 124. The average molecular weight is 1200 g/mol. The van der Waals surface area contributed by atoms with Gasteiger partial charge in [0.05, 0.1) is 0 Å². The maximum atomic E-state index is 8.56. The average Bonchev–Trinajstić information content (AvgIpc) is 3.49. The third kappa shape index (κ3) is 171. The van der Waals surface area contributed by atoms with Crippen LogP contribution in [0.1, 0.15) is 522 Å². The van der Waals surface area contributed by atoms with E-state index < -0.39 is 6.16 Å². The van der Waals surface area contributed by atoms with E-state index >= 15 is 0 Å². The van der Waals surface area contributed by atoms with Gasteiger partial charge in [-0.2, -0.15) is 0 Å². The molecule has 0 rings (SSSR count). The summed E-state index contributed by atoms with van der Waals surface area (Å²) in [7, 11) is 0. The second-order valence-corrected chi connectivity index (χ2v) is 25.3. The summed E-state index contributed by atoms with van der Waals surface area (Å²) in [6, 6.07) is 0. The fraction of sp³-hybridized carbons (Fsp3) is 0.988. The minimum atomic E-state index is -1.83. The van der Waals surface area contributed by atoms with Crippen molar-refractivity contribution >= 4 is 6.16 Å². The van der Waals surface area contributed by atoms with Crippen molar-refractivity contribution in [3.05, 3.63) is 0 Å². The summed E-state index contributed by atoms with van der Waals surface area (Å²) < 4.78 is 0. The Morgan fingerprint density at radius 2 is 0.167 bits per heavy atom. The minimum Gasteiger partial charge on any atom is -0.450 e. The Morgan fingerprint density at radius 3 is 0.202 bits per heavy atom. The zero-order valence-corrected chi connectivity index (χ0v) is 63.1. The lowest BCUT2D eigenvalue weighted by molar-refractivity contribution is 0.137. The molecule has 84 heavy (non-hydrogen) atoms. The molecule has 0 fully saturated rings. The molecule has 0 aromatic rings. The molecule has 3 nitrogen and oxygen atoms in total. The lowest BCUT2D eigenvalue weighted by Gasteiger charge is -1.97. The molecule has 0 radical (unpaired) electrons. The van der Waals surface area contributed by atoms with Gasteiger partial charge in [0.1, 0.15) is 0 Å². The summed E-state index contributed by atoms with van der Waals surface area (Å²) >= 11 is 0. The number of unbranched alkanes of at least 4 members (excludes halogenated alkanes) is 56. The molecule has 0 aliphatic rings. The molecule has 0 aliphatic carbocycles. The SMILES string of the molecule is CCCCCCCCCC.CCCCCCCCCC.CCCCCCCCCC.CCCCCCCCCC.CCCCCCCCCC.CCCCCCCCCC.CCCCCCCCCC.CCCCCCCCCC.O=C(O)O. The molecule has 0 heterocycles. The number of carbonyl (C=O) groups is 1. The van der Waals surface area contributed by atoms with Gasteiger partial charge >= 0.3 is 6.16 Å². The number of carboxylic acid groups (broad SMARTS) is 2. The molecule has 2 N–H and O–H groups in total. The summed E-state index contributed by atoms with van der Waals surface area (Å²) in [5, 5.41) is 13.9. The van der Waals surface area contributed by atoms with Crippen LogP contribution in [0.15, 0.2) is 0 Å². The maximum Gasteiger partial charge on any atom is 0.503 e. The first-order valence-electron chi connectivity index (χ1n) is 40.0. The molecular weight excluding hydrogens is 1020 g/mol.